The summed E-state index contributed by atoms with van der Waals surface area (Å²) in [6.45, 7) is 4.87. The van der Waals surface area contributed by atoms with Crippen LogP contribution in [0.5, 0.6) is 0 Å². The fourth-order valence-electron chi connectivity index (χ4n) is 1.76. The van der Waals surface area contributed by atoms with Gasteiger partial charge in [-0.25, -0.2) is 0 Å². The van der Waals surface area contributed by atoms with Crippen molar-refractivity contribution in [1.82, 2.24) is 4.90 Å². The van der Waals surface area contributed by atoms with Crippen LogP contribution in [0, 0.1) is 0 Å². The van der Waals surface area contributed by atoms with E-state index in [2.05, 4.69) is 4.90 Å². The van der Waals surface area contributed by atoms with Gasteiger partial charge < -0.3 is 10.5 Å². The molecule has 1 aliphatic rings. The molecule has 3 nitrogen and oxygen atoms in total. The quantitative estimate of drug-likeness (QED) is 0.675. The monoisotopic (exact) mass is 272 g/mol. The molecule has 17 heavy (non-hydrogen) atoms. The summed E-state index contributed by atoms with van der Waals surface area (Å²) in [6.07, 6.45) is 0. The highest BCUT2D eigenvalue weighted by atomic mass is 35.5. The maximum absolute atomic E-state index is 5.90. The van der Waals surface area contributed by atoms with E-state index in [1.54, 1.807) is 17.8 Å². The molecular weight excluding hydrogens is 256 g/mol. The summed E-state index contributed by atoms with van der Waals surface area (Å²) in [4.78, 5) is 3.53. The molecule has 94 valence electrons. The Bertz CT molecular complexity index is 370. The number of thioether (sulfide) groups is 1. The van der Waals surface area contributed by atoms with Gasteiger partial charge >= 0.3 is 0 Å². The van der Waals surface area contributed by atoms with Crippen LogP contribution < -0.4 is 5.73 Å². The first kappa shape index (κ1) is 13.0. The highest BCUT2D eigenvalue weighted by molar-refractivity contribution is 7.99. The van der Waals surface area contributed by atoms with E-state index in [0.29, 0.717) is 5.02 Å². The molecule has 0 saturated carbocycles. The predicted octanol–water partition coefficient (Wildman–Crippen LogP) is 2.35. The van der Waals surface area contributed by atoms with Crippen molar-refractivity contribution in [3.63, 3.8) is 0 Å². The third kappa shape index (κ3) is 4.07. The lowest BCUT2D eigenvalue weighted by molar-refractivity contribution is 0.0410. The molecule has 0 amide bonds. The molecule has 0 radical (unpaired) electrons. The van der Waals surface area contributed by atoms with E-state index in [4.69, 9.17) is 22.1 Å². The molecular formula is C12H17ClN2OS. The van der Waals surface area contributed by atoms with Crippen LogP contribution in [0.1, 0.15) is 0 Å². The van der Waals surface area contributed by atoms with E-state index in [1.165, 1.54) is 0 Å². The lowest BCUT2D eigenvalue weighted by Gasteiger charge is -2.26. The summed E-state index contributed by atoms with van der Waals surface area (Å²) in [6, 6.07) is 5.68. The van der Waals surface area contributed by atoms with Crippen LogP contribution >= 0.6 is 23.4 Å². The summed E-state index contributed by atoms with van der Waals surface area (Å²) < 4.78 is 5.31. The highest BCUT2D eigenvalue weighted by Crippen LogP contribution is 2.27. The van der Waals surface area contributed by atoms with E-state index >= 15 is 0 Å². The van der Waals surface area contributed by atoms with Crippen LogP contribution in [-0.4, -0.2) is 43.5 Å². The van der Waals surface area contributed by atoms with Gasteiger partial charge in [-0.15, -0.1) is 11.8 Å². The van der Waals surface area contributed by atoms with Gasteiger partial charge in [0.25, 0.3) is 0 Å². The smallest absolute Gasteiger partial charge is 0.0594 e. The number of hydrogen-bond donors (Lipinski definition) is 1. The fourth-order valence-corrected chi connectivity index (χ4v) is 2.90. The van der Waals surface area contributed by atoms with Crippen molar-refractivity contribution in [2.45, 2.75) is 4.90 Å². The van der Waals surface area contributed by atoms with Crippen molar-refractivity contribution in [1.29, 1.82) is 0 Å². The standard InChI is InChI=1S/C12H17ClN2OS/c13-10-1-2-12(11(14)9-10)17-8-5-15-3-6-16-7-4-15/h1-2,9H,3-8,14H2. The third-order valence-electron chi connectivity index (χ3n) is 2.74. The van der Waals surface area contributed by atoms with Gasteiger partial charge in [0, 0.05) is 41.0 Å². The van der Waals surface area contributed by atoms with E-state index in [1.807, 2.05) is 12.1 Å². The van der Waals surface area contributed by atoms with E-state index in [9.17, 15) is 0 Å². The zero-order chi connectivity index (χ0) is 12.1. The van der Waals surface area contributed by atoms with Crippen molar-refractivity contribution in [3.05, 3.63) is 23.2 Å². The van der Waals surface area contributed by atoms with E-state index < -0.39 is 0 Å². The zero-order valence-corrected chi connectivity index (χ0v) is 11.3. The summed E-state index contributed by atoms with van der Waals surface area (Å²) in [7, 11) is 0. The number of hydrogen-bond acceptors (Lipinski definition) is 4. The Balaban J connectivity index is 1.77. The maximum Gasteiger partial charge on any atom is 0.0594 e. The summed E-state index contributed by atoms with van der Waals surface area (Å²) in [5, 5.41) is 0.694. The second-order valence-electron chi connectivity index (χ2n) is 3.98. The average Bonchev–Trinajstić information content (AvgIpc) is 2.33. The number of ether oxygens (including phenoxy) is 1. The molecule has 0 atom stereocenters. The lowest BCUT2D eigenvalue weighted by Crippen LogP contribution is -2.37. The predicted molar refractivity (Wildman–Crippen MR) is 73.8 cm³/mol. The van der Waals surface area contributed by atoms with E-state index in [0.717, 1.165) is 49.2 Å². The second kappa shape index (κ2) is 6.50. The van der Waals surface area contributed by atoms with Crippen LogP contribution in [0.25, 0.3) is 0 Å². The van der Waals surface area contributed by atoms with Gasteiger partial charge in [-0.3, -0.25) is 4.90 Å². The fraction of sp³-hybridized carbons (Fsp3) is 0.500. The minimum Gasteiger partial charge on any atom is -0.398 e. The van der Waals surface area contributed by atoms with Crippen LogP contribution in [0.3, 0.4) is 0 Å². The van der Waals surface area contributed by atoms with Crippen molar-refractivity contribution in [2.24, 2.45) is 0 Å². The molecule has 0 unspecified atom stereocenters. The maximum atomic E-state index is 5.90. The van der Waals surface area contributed by atoms with Gasteiger partial charge in [0.1, 0.15) is 0 Å². The molecule has 0 aliphatic carbocycles. The normalized spacial score (nSPS) is 17.2. The summed E-state index contributed by atoms with van der Waals surface area (Å²) in [5.41, 5.74) is 6.67. The Morgan fingerprint density at radius 2 is 2.12 bits per heavy atom. The lowest BCUT2D eigenvalue weighted by atomic mass is 10.3. The topological polar surface area (TPSA) is 38.5 Å². The number of nitrogen functional groups attached to an aromatic ring is 1. The molecule has 0 spiro atoms. The molecule has 1 saturated heterocycles. The number of anilines is 1. The Labute approximate surface area is 111 Å². The Morgan fingerprint density at radius 3 is 2.82 bits per heavy atom. The molecule has 2 rings (SSSR count). The number of benzene rings is 1. The number of nitrogens with zero attached hydrogens (tertiary/aromatic N) is 1. The molecule has 1 aliphatic heterocycles. The Kier molecular flexibility index (Phi) is 4.98. The molecule has 2 N–H and O–H groups in total. The third-order valence-corrected chi connectivity index (χ3v) is 4.05. The van der Waals surface area contributed by atoms with Crippen LogP contribution in [0.15, 0.2) is 23.1 Å². The van der Waals surface area contributed by atoms with Gasteiger partial charge in [0.05, 0.1) is 13.2 Å². The second-order valence-corrected chi connectivity index (χ2v) is 5.56. The molecule has 1 aromatic carbocycles. The van der Waals surface area contributed by atoms with Crippen molar-refractivity contribution < 1.29 is 4.74 Å². The van der Waals surface area contributed by atoms with Gasteiger partial charge in [-0.2, -0.15) is 0 Å². The number of halogens is 1. The van der Waals surface area contributed by atoms with E-state index in [-0.39, 0.29) is 0 Å². The molecule has 1 aromatic rings. The first-order chi connectivity index (χ1) is 8.25. The highest BCUT2D eigenvalue weighted by Gasteiger charge is 2.10. The minimum atomic E-state index is 0.694. The largest absolute Gasteiger partial charge is 0.398 e. The van der Waals surface area contributed by atoms with Gasteiger partial charge in [0.2, 0.25) is 0 Å². The SMILES string of the molecule is Nc1cc(Cl)ccc1SCCN1CCOCC1. The molecule has 1 heterocycles. The Hall–Kier alpha value is -0.420. The minimum absolute atomic E-state index is 0.694. The number of morpholine rings is 1. The van der Waals surface area contributed by atoms with Gasteiger partial charge in [0.15, 0.2) is 0 Å². The number of nitrogens with two attached hydrogens (primary N) is 1. The molecule has 0 aromatic heterocycles. The Morgan fingerprint density at radius 1 is 1.35 bits per heavy atom. The van der Waals surface area contributed by atoms with Crippen molar-refractivity contribution >= 4 is 29.1 Å². The van der Waals surface area contributed by atoms with Crippen LogP contribution in [0.2, 0.25) is 5.02 Å². The molecule has 1 fully saturated rings. The van der Waals surface area contributed by atoms with Crippen LogP contribution in [-0.2, 0) is 4.74 Å². The van der Waals surface area contributed by atoms with Crippen LogP contribution in [0.4, 0.5) is 5.69 Å². The first-order valence-corrected chi connectivity index (χ1v) is 7.10. The average molecular weight is 273 g/mol. The zero-order valence-electron chi connectivity index (χ0n) is 9.69. The van der Waals surface area contributed by atoms with Crippen molar-refractivity contribution in [2.75, 3.05) is 44.3 Å². The van der Waals surface area contributed by atoms with Gasteiger partial charge in [-0.05, 0) is 18.2 Å². The summed E-state index contributed by atoms with van der Waals surface area (Å²) in [5.74, 6) is 1.05. The molecule has 5 heteroatoms. The van der Waals surface area contributed by atoms with Crippen molar-refractivity contribution in [3.8, 4) is 0 Å². The number of rotatable bonds is 4. The summed E-state index contributed by atoms with van der Waals surface area (Å²) >= 11 is 7.64. The van der Waals surface area contributed by atoms with Gasteiger partial charge in [-0.1, -0.05) is 11.6 Å². The first-order valence-electron chi connectivity index (χ1n) is 5.73. The molecule has 0 bridgehead atoms.